The van der Waals surface area contributed by atoms with Crippen LogP contribution in [0.3, 0.4) is 0 Å². The molecular weight excluding hydrogens is 412 g/mol. The van der Waals surface area contributed by atoms with Crippen molar-refractivity contribution in [3.05, 3.63) is 76.7 Å². The Kier molecular flexibility index (Phi) is 6.91. The first kappa shape index (κ1) is 21.0. The molecule has 2 aromatic heterocycles. The van der Waals surface area contributed by atoms with E-state index in [0.717, 1.165) is 25.0 Å². The number of nitrogens with one attached hydrogen (secondary N) is 2. The third-order valence-electron chi connectivity index (χ3n) is 4.95. The second kappa shape index (κ2) is 10.2. The Balaban J connectivity index is 1.43. The molecule has 1 aromatic carbocycles. The number of urea groups is 1. The number of rotatable bonds is 7. The highest BCUT2D eigenvalue weighted by molar-refractivity contribution is 7.12. The second-order valence-electron chi connectivity index (χ2n) is 7.32. The van der Waals surface area contributed by atoms with E-state index in [0.29, 0.717) is 29.3 Å². The fourth-order valence-corrected chi connectivity index (χ4v) is 4.06. The summed E-state index contributed by atoms with van der Waals surface area (Å²) in [5, 5.41) is 7.67. The SMILES string of the molecule is O=C(Nc1cccc(NC(=O)N(Cc2cccnc2)C[C@H]2CCCO2)c1)c1cccs1. The maximum Gasteiger partial charge on any atom is 0.322 e. The zero-order chi connectivity index (χ0) is 21.5. The number of aromatic nitrogens is 1. The van der Waals surface area contributed by atoms with Crippen LogP contribution in [0.15, 0.2) is 66.3 Å². The molecule has 3 heterocycles. The largest absolute Gasteiger partial charge is 0.376 e. The molecule has 1 saturated heterocycles. The minimum Gasteiger partial charge on any atom is -0.376 e. The molecular formula is C23H24N4O3S. The van der Waals surface area contributed by atoms with Crippen molar-refractivity contribution in [2.45, 2.75) is 25.5 Å². The minimum absolute atomic E-state index is 0.0406. The summed E-state index contributed by atoms with van der Waals surface area (Å²) in [4.78, 5) is 31.9. The quantitative estimate of drug-likeness (QED) is 0.567. The van der Waals surface area contributed by atoms with Crippen LogP contribution in [0.25, 0.3) is 0 Å². The number of carbonyl (C=O) groups is 2. The van der Waals surface area contributed by atoms with Crippen molar-refractivity contribution in [3.8, 4) is 0 Å². The first-order chi connectivity index (χ1) is 15.2. The number of hydrogen-bond donors (Lipinski definition) is 2. The van der Waals surface area contributed by atoms with Crippen molar-refractivity contribution in [2.24, 2.45) is 0 Å². The van der Waals surface area contributed by atoms with E-state index in [1.807, 2.05) is 23.6 Å². The van der Waals surface area contributed by atoms with Gasteiger partial charge in [0, 0.05) is 43.5 Å². The number of pyridine rings is 1. The van der Waals surface area contributed by atoms with Crippen LogP contribution in [0.2, 0.25) is 0 Å². The Hall–Kier alpha value is -3.23. The summed E-state index contributed by atoms with van der Waals surface area (Å²) in [5.74, 6) is -0.171. The molecule has 7 nitrogen and oxygen atoms in total. The third-order valence-corrected chi connectivity index (χ3v) is 5.82. The lowest BCUT2D eigenvalue weighted by atomic mass is 10.2. The van der Waals surface area contributed by atoms with Crippen LogP contribution in [0.1, 0.15) is 28.1 Å². The number of hydrogen-bond acceptors (Lipinski definition) is 5. The molecule has 0 saturated carbocycles. The van der Waals surface area contributed by atoms with Gasteiger partial charge in [-0.3, -0.25) is 9.78 Å². The van der Waals surface area contributed by atoms with Crippen molar-refractivity contribution in [3.63, 3.8) is 0 Å². The zero-order valence-corrected chi connectivity index (χ0v) is 17.8. The number of benzene rings is 1. The lowest BCUT2D eigenvalue weighted by Gasteiger charge is -2.26. The fourth-order valence-electron chi connectivity index (χ4n) is 3.44. The van der Waals surface area contributed by atoms with Gasteiger partial charge in [0.2, 0.25) is 0 Å². The molecule has 3 aromatic rings. The average molecular weight is 437 g/mol. The molecule has 31 heavy (non-hydrogen) atoms. The van der Waals surface area contributed by atoms with Crippen molar-refractivity contribution in [1.29, 1.82) is 0 Å². The van der Waals surface area contributed by atoms with Gasteiger partial charge in [0.25, 0.3) is 5.91 Å². The van der Waals surface area contributed by atoms with Crippen LogP contribution >= 0.6 is 11.3 Å². The molecule has 3 amide bonds. The zero-order valence-electron chi connectivity index (χ0n) is 17.0. The second-order valence-corrected chi connectivity index (χ2v) is 8.27. The molecule has 1 atom stereocenters. The average Bonchev–Trinajstić information content (AvgIpc) is 3.49. The lowest BCUT2D eigenvalue weighted by molar-refractivity contribution is 0.0819. The molecule has 1 aliphatic rings. The van der Waals surface area contributed by atoms with Crippen LogP contribution in [-0.4, -0.2) is 41.1 Å². The first-order valence-corrected chi connectivity index (χ1v) is 11.1. The van der Waals surface area contributed by atoms with Crippen LogP contribution < -0.4 is 10.6 Å². The lowest BCUT2D eigenvalue weighted by Crippen LogP contribution is -2.39. The number of nitrogens with zero attached hydrogens (tertiary/aromatic N) is 2. The molecule has 8 heteroatoms. The molecule has 160 valence electrons. The van der Waals surface area contributed by atoms with Crippen molar-refractivity contribution in [1.82, 2.24) is 9.88 Å². The molecule has 4 rings (SSSR count). The summed E-state index contributed by atoms with van der Waals surface area (Å²) in [6.45, 7) is 1.68. The first-order valence-electron chi connectivity index (χ1n) is 10.2. The van der Waals surface area contributed by atoms with E-state index in [1.165, 1.54) is 11.3 Å². The fraction of sp³-hybridized carbons (Fsp3) is 0.261. The van der Waals surface area contributed by atoms with Gasteiger partial charge in [-0.2, -0.15) is 0 Å². The van der Waals surface area contributed by atoms with Crippen LogP contribution in [0, 0.1) is 0 Å². The Morgan fingerprint density at radius 3 is 2.71 bits per heavy atom. The summed E-state index contributed by atoms with van der Waals surface area (Å²) in [6.07, 6.45) is 5.47. The van der Waals surface area contributed by atoms with Crippen LogP contribution in [-0.2, 0) is 11.3 Å². The maximum absolute atomic E-state index is 13.1. The van der Waals surface area contributed by atoms with Gasteiger partial charge in [-0.25, -0.2) is 4.79 Å². The molecule has 0 spiro atoms. The number of thiophene rings is 1. The van der Waals surface area contributed by atoms with Gasteiger partial charge in [-0.05, 0) is 54.1 Å². The standard InChI is InChI=1S/C23H24N4O3S/c28-22(21-9-4-12-31-21)25-18-6-1-7-19(13-18)26-23(29)27(16-20-8-3-11-30-20)15-17-5-2-10-24-14-17/h1-2,4-7,9-10,12-14,20H,3,8,11,15-16H2,(H,25,28)(H,26,29)/t20-/m1/s1. The number of ether oxygens (including phenoxy) is 1. The highest BCUT2D eigenvalue weighted by Gasteiger charge is 2.23. The van der Waals surface area contributed by atoms with Gasteiger partial charge < -0.3 is 20.3 Å². The monoisotopic (exact) mass is 436 g/mol. The van der Waals surface area contributed by atoms with Crippen molar-refractivity contribution >= 4 is 34.6 Å². The van der Waals surface area contributed by atoms with Crippen LogP contribution in [0.5, 0.6) is 0 Å². The molecule has 0 unspecified atom stereocenters. The van der Waals surface area contributed by atoms with Crippen LogP contribution in [0.4, 0.5) is 16.2 Å². The summed E-state index contributed by atoms with van der Waals surface area (Å²) < 4.78 is 5.74. The summed E-state index contributed by atoms with van der Waals surface area (Å²) in [5.41, 5.74) is 2.18. The third kappa shape index (κ3) is 5.90. The van der Waals surface area contributed by atoms with E-state index in [4.69, 9.17) is 4.74 Å². The highest BCUT2D eigenvalue weighted by atomic mass is 32.1. The van der Waals surface area contributed by atoms with Gasteiger partial charge in [-0.15, -0.1) is 11.3 Å². The van der Waals surface area contributed by atoms with E-state index in [2.05, 4.69) is 15.6 Å². The Morgan fingerprint density at radius 2 is 2.00 bits per heavy atom. The Labute approximate surface area is 185 Å². The van der Waals surface area contributed by atoms with E-state index < -0.39 is 0 Å². The van der Waals surface area contributed by atoms with E-state index in [-0.39, 0.29) is 18.0 Å². The minimum atomic E-state index is -0.221. The van der Waals surface area contributed by atoms with Gasteiger partial charge in [0.1, 0.15) is 0 Å². The number of amides is 3. The summed E-state index contributed by atoms with van der Waals surface area (Å²) >= 11 is 1.38. The van der Waals surface area contributed by atoms with Crippen molar-refractivity contribution in [2.75, 3.05) is 23.8 Å². The summed E-state index contributed by atoms with van der Waals surface area (Å²) in [7, 11) is 0. The van der Waals surface area contributed by atoms with Crippen molar-refractivity contribution < 1.29 is 14.3 Å². The van der Waals surface area contributed by atoms with Gasteiger partial charge >= 0.3 is 6.03 Å². The molecule has 1 aliphatic heterocycles. The van der Waals surface area contributed by atoms with Gasteiger partial charge in [0.15, 0.2) is 0 Å². The molecule has 0 radical (unpaired) electrons. The number of anilines is 2. The molecule has 2 N–H and O–H groups in total. The molecule has 1 fully saturated rings. The van der Waals surface area contributed by atoms with E-state index in [9.17, 15) is 9.59 Å². The maximum atomic E-state index is 13.1. The molecule has 0 aliphatic carbocycles. The molecule has 0 bridgehead atoms. The van der Waals surface area contributed by atoms with E-state index >= 15 is 0 Å². The van der Waals surface area contributed by atoms with Gasteiger partial charge in [0.05, 0.1) is 11.0 Å². The predicted molar refractivity (Wildman–Crippen MR) is 121 cm³/mol. The highest BCUT2D eigenvalue weighted by Crippen LogP contribution is 2.20. The predicted octanol–water partition coefficient (Wildman–Crippen LogP) is 4.61. The van der Waals surface area contributed by atoms with Gasteiger partial charge in [-0.1, -0.05) is 18.2 Å². The Bertz CT molecular complexity index is 1000. The summed E-state index contributed by atoms with van der Waals surface area (Å²) in [6, 6.07) is 14.3. The van der Waals surface area contributed by atoms with E-state index in [1.54, 1.807) is 47.6 Å². The normalized spacial score (nSPS) is 15.4. The Morgan fingerprint density at radius 1 is 1.13 bits per heavy atom. The number of carbonyl (C=O) groups excluding carboxylic acids is 2. The topological polar surface area (TPSA) is 83.6 Å². The smallest absolute Gasteiger partial charge is 0.322 e.